The molecule has 16 heavy (non-hydrogen) atoms. The van der Waals surface area contributed by atoms with Crippen LogP contribution in [0, 0.1) is 6.92 Å². The average molecular weight is 216 g/mol. The summed E-state index contributed by atoms with van der Waals surface area (Å²) < 4.78 is 0. The first-order valence-corrected chi connectivity index (χ1v) is 4.90. The average Bonchev–Trinajstić information content (AvgIpc) is 2.26. The number of hydrogen-bond donors (Lipinski definition) is 3. The molecule has 0 radical (unpaired) electrons. The lowest BCUT2D eigenvalue weighted by atomic mass is 10.0. The van der Waals surface area contributed by atoms with E-state index in [9.17, 15) is 10.2 Å². The molecule has 0 saturated heterocycles. The van der Waals surface area contributed by atoms with E-state index in [1.165, 1.54) is 0 Å². The third-order valence-electron chi connectivity index (χ3n) is 2.55. The van der Waals surface area contributed by atoms with E-state index in [-0.39, 0.29) is 17.2 Å². The highest BCUT2D eigenvalue weighted by atomic mass is 16.3. The zero-order valence-corrected chi connectivity index (χ0v) is 8.81. The maximum atomic E-state index is 9.59. The SMILES string of the molecule is Cc1c(O)cc(-c2ccc(O)cc2)cc1O. The van der Waals surface area contributed by atoms with Gasteiger partial charge < -0.3 is 15.3 Å². The maximum absolute atomic E-state index is 9.59. The number of phenolic OH excluding ortho intramolecular Hbond substituents is 3. The molecule has 0 aromatic heterocycles. The third-order valence-corrected chi connectivity index (χ3v) is 2.55. The molecule has 0 spiro atoms. The number of benzene rings is 2. The summed E-state index contributed by atoms with van der Waals surface area (Å²) in [4.78, 5) is 0. The largest absolute Gasteiger partial charge is 0.508 e. The van der Waals surface area contributed by atoms with Gasteiger partial charge in [0, 0.05) is 5.56 Å². The number of hydrogen-bond acceptors (Lipinski definition) is 3. The zero-order valence-electron chi connectivity index (χ0n) is 8.81. The van der Waals surface area contributed by atoms with E-state index in [4.69, 9.17) is 5.11 Å². The molecular formula is C13H12O3. The van der Waals surface area contributed by atoms with Crippen molar-refractivity contribution < 1.29 is 15.3 Å². The van der Waals surface area contributed by atoms with Gasteiger partial charge in [-0.2, -0.15) is 0 Å². The highest BCUT2D eigenvalue weighted by Crippen LogP contribution is 2.33. The van der Waals surface area contributed by atoms with E-state index >= 15 is 0 Å². The van der Waals surface area contributed by atoms with Crippen molar-refractivity contribution in [2.45, 2.75) is 6.92 Å². The molecule has 82 valence electrons. The molecule has 0 heterocycles. The Balaban J connectivity index is 2.52. The summed E-state index contributed by atoms with van der Waals surface area (Å²) >= 11 is 0. The van der Waals surface area contributed by atoms with Crippen LogP contribution in [0.1, 0.15) is 5.56 Å². The first kappa shape index (κ1) is 10.4. The minimum Gasteiger partial charge on any atom is -0.508 e. The lowest BCUT2D eigenvalue weighted by Gasteiger charge is -2.07. The van der Waals surface area contributed by atoms with Crippen molar-refractivity contribution in [3.8, 4) is 28.4 Å². The Morgan fingerprint density at radius 1 is 0.750 bits per heavy atom. The minimum atomic E-state index is 0.0584. The van der Waals surface area contributed by atoms with Crippen molar-refractivity contribution >= 4 is 0 Å². The predicted octanol–water partition coefficient (Wildman–Crippen LogP) is 2.78. The molecule has 0 aliphatic rings. The summed E-state index contributed by atoms with van der Waals surface area (Å²) in [5, 5.41) is 28.3. The highest BCUT2D eigenvalue weighted by molar-refractivity contribution is 5.69. The molecule has 2 rings (SSSR count). The van der Waals surface area contributed by atoms with Crippen LogP contribution in [-0.4, -0.2) is 15.3 Å². The molecule has 3 N–H and O–H groups in total. The summed E-state index contributed by atoms with van der Waals surface area (Å²) in [6.07, 6.45) is 0. The van der Waals surface area contributed by atoms with Gasteiger partial charge in [0.15, 0.2) is 0 Å². The molecule has 0 amide bonds. The van der Waals surface area contributed by atoms with Crippen LogP contribution >= 0.6 is 0 Å². The van der Waals surface area contributed by atoms with Gasteiger partial charge in [-0.3, -0.25) is 0 Å². The zero-order chi connectivity index (χ0) is 11.7. The van der Waals surface area contributed by atoms with Gasteiger partial charge in [-0.1, -0.05) is 12.1 Å². The smallest absolute Gasteiger partial charge is 0.122 e. The summed E-state index contributed by atoms with van der Waals surface area (Å²) in [5.74, 6) is 0.301. The van der Waals surface area contributed by atoms with Crippen LogP contribution in [0.5, 0.6) is 17.2 Å². The fraction of sp³-hybridized carbons (Fsp3) is 0.0769. The summed E-state index contributed by atoms with van der Waals surface area (Å²) in [5.41, 5.74) is 1.99. The van der Waals surface area contributed by atoms with Gasteiger partial charge >= 0.3 is 0 Å². The predicted molar refractivity (Wildman–Crippen MR) is 61.6 cm³/mol. The third kappa shape index (κ3) is 1.80. The Hall–Kier alpha value is -2.16. The van der Waals surface area contributed by atoms with Gasteiger partial charge in [-0.15, -0.1) is 0 Å². The van der Waals surface area contributed by atoms with Crippen molar-refractivity contribution in [3.05, 3.63) is 42.0 Å². The molecule has 2 aromatic rings. The maximum Gasteiger partial charge on any atom is 0.122 e. The van der Waals surface area contributed by atoms with E-state index in [0.29, 0.717) is 11.1 Å². The fourth-order valence-corrected chi connectivity index (χ4v) is 1.50. The van der Waals surface area contributed by atoms with Crippen LogP contribution in [-0.2, 0) is 0 Å². The molecule has 0 aliphatic heterocycles. The summed E-state index contributed by atoms with van der Waals surface area (Å²) in [6.45, 7) is 1.64. The van der Waals surface area contributed by atoms with Crippen molar-refractivity contribution in [3.63, 3.8) is 0 Å². The molecule has 3 nitrogen and oxygen atoms in total. The van der Waals surface area contributed by atoms with E-state index in [1.807, 2.05) is 0 Å². The van der Waals surface area contributed by atoms with Gasteiger partial charge in [0.05, 0.1) is 0 Å². The molecule has 0 aliphatic carbocycles. The van der Waals surface area contributed by atoms with Gasteiger partial charge in [-0.05, 0) is 42.3 Å². The van der Waals surface area contributed by atoms with Crippen LogP contribution in [0.2, 0.25) is 0 Å². The fourth-order valence-electron chi connectivity index (χ4n) is 1.50. The van der Waals surface area contributed by atoms with Gasteiger partial charge in [0.2, 0.25) is 0 Å². The minimum absolute atomic E-state index is 0.0584. The monoisotopic (exact) mass is 216 g/mol. The van der Waals surface area contributed by atoms with Crippen LogP contribution in [0.4, 0.5) is 0 Å². The van der Waals surface area contributed by atoms with E-state index in [1.54, 1.807) is 43.3 Å². The lowest BCUT2D eigenvalue weighted by Crippen LogP contribution is -1.81. The normalized spacial score (nSPS) is 10.3. The van der Waals surface area contributed by atoms with E-state index in [0.717, 1.165) is 5.56 Å². The first-order chi connectivity index (χ1) is 7.58. The van der Waals surface area contributed by atoms with Crippen molar-refractivity contribution in [1.29, 1.82) is 0 Å². The van der Waals surface area contributed by atoms with Crippen molar-refractivity contribution in [2.75, 3.05) is 0 Å². The van der Waals surface area contributed by atoms with Crippen LogP contribution < -0.4 is 0 Å². The second-order valence-corrected chi connectivity index (χ2v) is 3.69. The number of aromatic hydroxyl groups is 3. The quantitative estimate of drug-likeness (QED) is 0.686. The second kappa shape index (κ2) is 3.77. The van der Waals surface area contributed by atoms with Crippen LogP contribution in [0.25, 0.3) is 11.1 Å². The number of phenols is 3. The Labute approximate surface area is 93.2 Å². The van der Waals surface area contributed by atoms with Crippen molar-refractivity contribution in [1.82, 2.24) is 0 Å². The Bertz CT molecular complexity index is 492. The van der Waals surface area contributed by atoms with Crippen molar-refractivity contribution in [2.24, 2.45) is 0 Å². The van der Waals surface area contributed by atoms with E-state index in [2.05, 4.69) is 0 Å². The van der Waals surface area contributed by atoms with Crippen LogP contribution in [0.3, 0.4) is 0 Å². The Morgan fingerprint density at radius 2 is 1.25 bits per heavy atom. The molecule has 0 bridgehead atoms. The Morgan fingerprint density at radius 3 is 1.75 bits per heavy atom. The first-order valence-electron chi connectivity index (χ1n) is 4.90. The van der Waals surface area contributed by atoms with Gasteiger partial charge in [0.1, 0.15) is 17.2 Å². The Kier molecular flexibility index (Phi) is 2.44. The highest BCUT2D eigenvalue weighted by Gasteiger charge is 2.06. The topological polar surface area (TPSA) is 60.7 Å². The lowest BCUT2D eigenvalue weighted by molar-refractivity contribution is 0.444. The van der Waals surface area contributed by atoms with Crippen LogP contribution in [0.15, 0.2) is 36.4 Å². The standard InChI is InChI=1S/C13H12O3/c1-8-12(15)6-10(7-13(8)16)9-2-4-11(14)5-3-9/h2-7,14-16H,1H3. The molecule has 0 atom stereocenters. The van der Waals surface area contributed by atoms with Gasteiger partial charge in [0.25, 0.3) is 0 Å². The molecule has 0 unspecified atom stereocenters. The number of rotatable bonds is 1. The molecule has 0 fully saturated rings. The second-order valence-electron chi connectivity index (χ2n) is 3.69. The molecule has 2 aromatic carbocycles. The molecular weight excluding hydrogens is 204 g/mol. The molecule has 0 saturated carbocycles. The van der Waals surface area contributed by atoms with Gasteiger partial charge in [-0.25, -0.2) is 0 Å². The summed E-state index contributed by atoms with van der Waals surface area (Å²) in [7, 11) is 0. The molecule has 3 heteroatoms. The van der Waals surface area contributed by atoms with E-state index < -0.39 is 0 Å². The summed E-state index contributed by atoms with van der Waals surface area (Å²) in [6, 6.07) is 9.73.